The van der Waals surface area contributed by atoms with Crippen LogP contribution >= 0.6 is 0 Å². The van der Waals surface area contributed by atoms with Gasteiger partial charge in [-0.25, -0.2) is 0 Å². The molecule has 0 unspecified atom stereocenters. The second-order valence-corrected chi connectivity index (χ2v) is 7.93. The SMILES string of the molecule is CC(C)c1ccccc1OCC(=O)NCCOc1ccccc1C(C)(C)C. The Bertz CT molecular complexity index is 747. The Morgan fingerprint density at radius 1 is 0.963 bits per heavy atom. The van der Waals surface area contributed by atoms with Crippen LogP contribution in [0.2, 0.25) is 0 Å². The minimum absolute atomic E-state index is 0.00229. The van der Waals surface area contributed by atoms with Gasteiger partial charge < -0.3 is 14.8 Å². The normalized spacial score (nSPS) is 11.3. The maximum absolute atomic E-state index is 12.0. The molecule has 2 aromatic rings. The first-order chi connectivity index (χ1) is 12.8. The number of carbonyl (C=O) groups excluding carboxylic acids is 1. The second-order valence-electron chi connectivity index (χ2n) is 7.93. The van der Waals surface area contributed by atoms with Gasteiger partial charge in [0.05, 0.1) is 6.54 Å². The van der Waals surface area contributed by atoms with Crippen molar-refractivity contribution < 1.29 is 14.3 Å². The number of para-hydroxylation sites is 2. The van der Waals surface area contributed by atoms with E-state index in [2.05, 4.69) is 46.0 Å². The van der Waals surface area contributed by atoms with E-state index in [1.54, 1.807) is 0 Å². The molecule has 27 heavy (non-hydrogen) atoms. The third kappa shape index (κ3) is 6.31. The molecule has 1 N–H and O–H groups in total. The van der Waals surface area contributed by atoms with Gasteiger partial charge in [-0.3, -0.25) is 4.79 Å². The summed E-state index contributed by atoms with van der Waals surface area (Å²) in [4.78, 5) is 12.0. The van der Waals surface area contributed by atoms with Gasteiger partial charge in [-0.15, -0.1) is 0 Å². The molecule has 0 aliphatic rings. The predicted octanol–water partition coefficient (Wildman–Crippen LogP) is 4.68. The lowest BCUT2D eigenvalue weighted by Gasteiger charge is -2.22. The van der Waals surface area contributed by atoms with E-state index in [9.17, 15) is 4.79 Å². The quantitative estimate of drug-likeness (QED) is 0.687. The van der Waals surface area contributed by atoms with E-state index in [1.807, 2.05) is 42.5 Å². The summed E-state index contributed by atoms with van der Waals surface area (Å²) in [7, 11) is 0. The highest BCUT2D eigenvalue weighted by Gasteiger charge is 2.18. The molecule has 146 valence electrons. The number of hydrogen-bond acceptors (Lipinski definition) is 3. The largest absolute Gasteiger partial charge is 0.491 e. The number of amides is 1. The van der Waals surface area contributed by atoms with Crippen molar-refractivity contribution in [3.05, 3.63) is 59.7 Å². The zero-order valence-electron chi connectivity index (χ0n) is 17.0. The highest BCUT2D eigenvalue weighted by molar-refractivity contribution is 5.77. The van der Waals surface area contributed by atoms with Crippen LogP contribution in [0.5, 0.6) is 11.5 Å². The average Bonchev–Trinajstić information content (AvgIpc) is 2.63. The van der Waals surface area contributed by atoms with Gasteiger partial charge in [0.1, 0.15) is 18.1 Å². The van der Waals surface area contributed by atoms with Crippen molar-refractivity contribution in [2.75, 3.05) is 19.8 Å². The molecule has 0 aliphatic heterocycles. The van der Waals surface area contributed by atoms with Gasteiger partial charge in [0.2, 0.25) is 0 Å². The summed E-state index contributed by atoms with van der Waals surface area (Å²) in [5.74, 6) is 1.82. The van der Waals surface area contributed by atoms with E-state index in [0.717, 1.165) is 22.6 Å². The van der Waals surface area contributed by atoms with E-state index in [4.69, 9.17) is 9.47 Å². The van der Waals surface area contributed by atoms with Crippen LogP contribution in [0.25, 0.3) is 0 Å². The molecule has 0 bridgehead atoms. The first-order valence-corrected chi connectivity index (χ1v) is 9.49. The van der Waals surface area contributed by atoms with Gasteiger partial charge in [0.25, 0.3) is 5.91 Å². The summed E-state index contributed by atoms with van der Waals surface area (Å²) < 4.78 is 11.6. The van der Waals surface area contributed by atoms with E-state index in [1.165, 1.54) is 0 Å². The molecule has 1 amide bonds. The molecule has 4 heteroatoms. The van der Waals surface area contributed by atoms with E-state index in [0.29, 0.717) is 19.1 Å². The summed E-state index contributed by atoms with van der Waals surface area (Å²) in [5, 5.41) is 2.84. The zero-order chi connectivity index (χ0) is 19.9. The molecular formula is C23H31NO3. The highest BCUT2D eigenvalue weighted by atomic mass is 16.5. The fraction of sp³-hybridized carbons (Fsp3) is 0.435. The number of carbonyl (C=O) groups is 1. The molecule has 0 saturated carbocycles. The third-order valence-corrected chi connectivity index (χ3v) is 4.28. The van der Waals surface area contributed by atoms with Crippen molar-refractivity contribution in [3.8, 4) is 11.5 Å². The first kappa shape index (κ1) is 20.8. The average molecular weight is 370 g/mol. The van der Waals surface area contributed by atoms with Crippen LogP contribution < -0.4 is 14.8 Å². The fourth-order valence-electron chi connectivity index (χ4n) is 2.85. The number of ether oxygens (including phenoxy) is 2. The Labute approximate surface area is 162 Å². The fourth-order valence-corrected chi connectivity index (χ4v) is 2.85. The first-order valence-electron chi connectivity index (χ1n) is 9.49. The van der Waals surface area contributed by atoms with Crippen molar-refractivity contribution in [3.63, 3.8) is 0 Å². The van der Waals surface area contributed by atoms with E-state index < -0.39 is 0 Å². The van der Waals surface area contributed by atoms with Crippen molar-refractivity contribution >= 4 is 5.91 Å². The van der Waals surface area contributed by atoms with Crippen LogP contribution in [0.3, 0.4) is 0 Å². The van der Waals surface area contributed by atoms with Gasteiger partial charge in [0, 0.05) is 0 Å². The second kappa shape index (κ2) is 9.45. The number of nitrogens with one attached hydrogen (secondary N) is 1. The smallest absolute Gasteiger partial charge is 0.258 e. The van der Waals surface area contributed by atoms with E-state index in [-0.39, 0.29) is 17.9 Å². The van der Waals surface area contributed by atoms with Crippen LogP contribution in [0, 0.1) is 0 Å². The number of benzene rings is 2. The Hall–Kier alpha value is -2.49. The van der Waals surface area contributed by atoms with Crippen LogP contribution in [0.4, 0.5) is 0 Å². The maximum atomic E-state index is 12.0. The van der Waals surface area contributed by atoms with E-state index >= 15 is 0 Å². The van der Waals surface area contributed by atoms with Gasteiger partial charge in [-0.2, -0.15) is 0 Å². The molecule has 0 aliphatic carbocycles. The molecule has 0 atom stereocenters. The van der Waals surface area contributed by atoms with Crippen molar-refractivity contribution in [1.29, 1.82) is 0 Å². The molecule has 2 aromatic carbocycles. The van der Waals surface area contributed by atoms with Crippen molar-refractivity contribution in [1.82, 2.24) is 5.32 Å². The monoisotopic (exact) mass is 369 g/mol. The van der Waals surface area contributed by atoms with Gasteiger partial charge in [-0.1, -0.05) is 71.0 Å². The molecule has 0 radical (unpaired) electrons. The summed E-state index contributed by atoms with van der Waals surface area (Å²) in [6, 6.07) is 15.8. The summed E-state index contributed by atoms with van der Waals surface area (Å²) in [6.07, 6.45) is 0. The molecule has 0 spiro atoms. The third-order valence-electron chi connectivity index (χ3n) is 4.28. The standard InChI is InChI=1S/C23H31NO3/c1-17(2)18-10-6-8-12-20(18)27-16-22(25)24-14-15-26-21-13-9-7-11-19(21)23(3,4)5/h6-13,17H,14-16H2,1-5H3,(H,24,25). The van der Waals surface area contributed by atoms with Crippen molar-refractivity contribution in [2.24, 2.45) is 0 Å². The number of rotatable bonds is 8. The molecule has 0 saturated heterocycles. The van der Waals surface area contributed by atoms with Gasteiger partial charge >= 0.3 is 0 Å². The van der Waals surface area contributed by atoms with Crippen LogP contribution in [-0.2, 0) is 10.2 Å². The topological polar surface area (TPSA) is 47.6 Å². The Balaban J connectivity index is 1.78. The number of hydrogen-bond donors (Lipinski definition) is 1. The summed E-state index contributed by atoms with van der Waals surface area (Å²) in [6.45, 7) is 11.5. The lowest BCUT2D eigenvalue weighted by Crippen LogP contribution is -2.32. The molecule has 2 rings (SSSR count). The Morgan fingerprint density at radius 3 is 2.26 bits per heavy atom. The van der Waals surface area contributed by atoms with Crippen LogP contribution in [0.1, 0.15) is 51.7 Å². The maximum Gasteiger partial charge on any atom is 0.258 e. The van der Waals surface area contributed by atoms with Crippen molar-refractivity contribution in [2.45, 2.75) is 46.0 Å². The highest BCUT2D eigenvalue weighted by Crippen LogP contribution is 2.30. The minimum Gasteiger partial charge on any atom is -0.491 e. The predicted molar refractivity (Wildman–Crippen MR) is 110 cm³/mol. The zero-order valence-corrected chi connectivity index (χ0v) is 17.0. The molecular weight excluding hydrogens is 338 g/mol. The lowest BCUT2D eigenvalue weighted by atomic mass is 9.86. The van der Waals surface area contributed by atoms with Gasteiger partial charge in [0.15, 0.2) is 6.61 Å². The van der Waals surface area contributed by atoms with Gasteiger partial charge in [-0.05, 0) is 34.6 Å². The molecule has 0 fully saturated rings. The Kier molecular flexibility index (Phi) is 7.28. The molecule has 0 heterocycles. The minimum atomic E-state index is -0.152. The lowest BCUT2D eigenvalue weighted by molar-refractivity contribution is -0.123. The molecule has 0 aromatic heterocycles. The van der Waals surface area contributed by atoms with Crippen LogP contribution in [0.15, 0.2) is 48.5 Å². The summed E-state index contributed by atoms with van der Waals surface area (Å²) in [5.41, 5.74) is 2.27. The summed E-state index contributed by atoms with van der Waals surface area (Å²) >= 11 is 0. The molecule has 4 nitrogen and oxygen atoms in total. The Morgan fingerprint density at radius 2 is 1.59 bits per heavy atom. The van der Waals surface area contributed by atoms with Crippen LogP contribution in [-0.4, -0.2) is 25.7 Å².